The van der Waals surface area contributed by atoms with Gasteiger partial charge in [0.2, 0.25) is 0 Å². The molecule has 0 atom stereocenters. The molecule has 1 aromatic carbocycles. The van der Waals surface area contributed by atoms with Crippen LogP contribution >= 0.6 is 0 Å². The Balaban J connectivity index is 2.93. The minimum absolute atomic E-state index is 0.612. The summed E-state index contributed by atoms with van der Waals surface area (Å²) in [6, 6.07) is 5.94. The largest absolute Gasteiger partial charge is 0.496 e. The summed E-state index contributed by atoms with van der Waals surface area (Å²) in [5, 5.41) is 9.30. The predicted molar refractivity (Wildman–Crippen MR) is 75.5 cm³/mol. The van der Waals surface area contributed by atoms with Crippen molar-refractivity contribution in [1.29, 1.82) is 0 Å². The molecule has 1 rings (SSSR count). The van der Waals surface area contributed by atoms with Crippen LogP contribution in [0.1, 0.15) is 31.9 Å². The summed E-state index contributed by atoms with van der Waals surface area (Å²) in [5.74, 6) is 0.0453. The number of benzene rings is 1. The summed E-state index contributed by atoms with van der Waals surface area (Å²) in [7, 11) is 1.65. The molecule has 106 valence electrons. The summed E-state index contributed by atoms with van der Waals surface area (Å²) >= 11 is 0. The standard InChI is InChI=1S/C15H23NO3/c1-6-16(15(3,4)14(17)18)10-12-7-8-13(19-5)11(2)9-12/h7-9H,6,10H2,1-5H3,(H,17,18). The van der Waals surface area contributed by atoms with E-state index in [4.69, 9.17) is 4.74 Å². The minimum atomic E-state index is -0.872. The van der Waals surface area contributed by atoms with Crippen LogP contribution in [0.3, 0.4) is 0 Å². The number of carbonyl (C=O) groups is 1. The molecular weight excluding hydrogens is 242 g/mol. The van der Waals surface area contributed by atoms with E-state index >= 15 is 0 Å². The van der Waals surface area contributed by atoms with Crippen molar-refractivity contribution in [1.82, 2.24) is 4.90 Å². The van der Waals surface area contributed by atoms with Gasteiger partial charge >= 0.3 is 5.97 Å². The molecule has 0 spiro atoms. The van der Waals surface area contributed by atoms with E-state index in [1.807, 2.05) is 36.9 Å². The molecule has 0 aromatic heterocycles. The van der Waals surface area contributed by atoms with E-state index in [2.05, 4.69) is 0 Å². The average Bonchev–Trinajstić information content (AvgIpc) is 2.35. The molecule has 0 bridgehead atoms. The van der Waals surface area contributed by atoms with Crippen molar-refractivity contribution < 1.29 is 14.6 Å². The number of nitrogens with zero attached hydrogens (tertiary/aromatic N) is 1. The topological polar surface area (TPSA) is 49.8 Å². The van der Waals surface area contributed by atoms with E-state index in [1.54, 1.807) is 21.0 Å². The van der Waals surface area contributed by atoms with Crippen molar-refractivity contribution >= 4 is 5.97 Å². The van der Waals surface area contributed by atoms with Crippen molar-refractivity contribution in [3.63, 3.8) is 0 Å². The average molecular weight is 265 g/mol. The SMILES string of the molecule is CCN(Cc1ccc(OC)c(C)c1)C(C)(C)C(=O)O. The summed E-state index contributed by atoms with van der Waals surface area (Å²) in [6.07, 6.45) is 0. The maximum absolute atomic E-state index is 11.3. The van der Waals surface area contributed by atoms with Crippen LogP contribution in [0.4, 0.5) is 0 Å². The summed E-state index contributed by atoms with van der Waals surface area (Å²) in [5.41, 5.74) is 1.28. The maximum atomic E-state index is 11.3. The fraction of sp³-hybridized carbons (Fsp3) is 0.533. The zero-order valence-electron chi connectivity index (χ0n) is 12.4. The molecule has 0 saturated heterocycles. The van der Waals surface area contributed by atoms with Crippen molar-refractivity contribution in [2.75, 3.05) is 13.7 Å². The number of likely N-dealkylation sites (N-methyl/N-ethyl adjacent to an activating group) is 1. The molecule has 0 heterocycles. The molecule has 0 aliphatic heterocycles. The van der Waals surface area contributed by atoms with Gasteiger partial charge in [-0.2, -0.15) is 0 Å². The molecule has 0 aliphatic carbocycles. The quantitative estimate of drug-likeness (QED) is 0.859. The highest BCUT2D eigenvalue weighted by Gasteiger charge is 2.33. The van der Waals surface area contributed by atoms with Crippen molar-refractivity contribution in [2.45, 2.75) is 39.8 Å². The fourth-order valence-electron chi connectivity index (χ4n) is 2.10. The third-order valence-corrected chi connectivity index (χ3v) is 3.53. The lowest BCUT2D eigenvalue weighted by atomic mass is 10.0. The number of hydrogen-bond donors (Lipinski definition) is 1. The first-order valence-electron chi connectivity index (χ1n) is 6.44. The lowest BCUT2D eigenvalue weighted by Crippen LogP contribution is -2.49. The van der Waals surface area contributed by atoms with Crippen molar-refractivity contribution in [2.24, 2.45) is 0 Å². The van der Waals surface area contributed by atoms with Crippen LogP contribution in [0.15, 0.2) is 18.2 Å². The highest BCUT2D eigenvalue weighted by molar-refractivity contribution is 5.77. The number of hydrogen-bond acceptors (Lipinski definition) is 3. The van der Waals surface area contributed by atoms with Gasteiger partial charge in [0.1, 0.15) is 11.3 Å². The Morgan fingerprint density at radius 3 is 2.47 bits per heavy atom. The first-order valence-corrected chi connectivity index (χ1v) is 6.44. The van der Waals surface area contributed by atoms with Gasteiger partial charge in [-0.05, 0) is 44.5 Å². The van der Waals surface area contributed by atoms with Gasteiger partial charge in [0, 0.05) is 6.54 Å². The van der Waals surface area contributed by atoms with Crippen LogP contribution in [0, 0.1) is 6.92 Å². The van der Waals surface area contributed by atoms with Crippen LogP contribution in [-0.4, -0.2) is 35.2 Å². The Hall–Kier alpha value is -1.55. The van der Waals surface area contributed by atoms with E-state index in [0.717, 1.165) is 16.9 Å². The monoisotopic (exact) mass is 265 g/mol. The van der Waals surface area contributed by atoms with Crippen LogP contribution < -0.4 is 4.74 Å². The van der Waals surface area contributed by atoms with Gasteiger partial charge in [-0.3, -0.25) is 9.69 Å². The minimum Gasteiger partial charge on any atom is -0.496 e. The molecule has 1 aromatic rings. The Morgan fingerprint density at radius 1 is 1.42 bits per heavy atom. The van der Waals surface area contributed by atoms with Gasteiger partial charge in [0.15, 0.2) is 0 Å². The Kier molecular flexibility index (Phi) is 4.95. The molecule has 0 saturated carbocycles. The molecular formula is C15H23NO3. The second kappa shape index (κ2) is 6.06. The number of aryl methyl sites for hydroxylation is 1. The third kappa shape index (κ3) is 3.47. The Morgan fingerprint density at radius 2 is 2.05 bits per heavy atom. The van der Waals surface area contributed by atoms with Crippen molar-refractivity contribution in [3.8, 4) is 5.75 Å². The van der Waals surface area contributed by atoms with Gasteiger partial charge < -0.3 is 9.84 Å². The first-order chi connectivity index (χ1) is 8.82. The number of aliphatic carboxylic acids is 1. The summed E-state index contributed by atoms with van der Waals surface area (Å²) in [4.78, 5) is 13.3. The lowest BCUT2D eigenvalue weighted by molar-refractivity contribution is -0.149. The molecule has 0 aliphatic rings. The van der Waals surface area contributed by atoms with E-state index in [-0.39, 0.29) is 0 Å². The summed E-state index contributed by atoms with van der Waals surface area (Å²) < 4.78 is 5.23. The first kappa shape index (κ1) is 15.5. The van der Waals surface area contributed by atoms with Gasteiger partial charge in [-0.25, -0.2) is 0 Å². The Bertz CT molecular complexity index is 455. The Labute approximate surface area is 115 Å². The zero-order valence-corrected chi connectivity index (χ0v) is 12.4. The number of methoxy groups -OCH3 is 1. The molecule has 0 amide bonds. The van der Waals surface area contributed by atoms with Gasteiger partial charge in [-0.15, -0.1) is 0 Å². The number of rotatable bonds is 6. The normalized spacial score (nSPS) is 11.7. The fourth-order valence-corrected chi connectivity index (χ4v) is 2.10. The molecule has 1 N–H and O–H groups in total. The highest BCUT2D eigenvalue weighted by Crippen LogP contribution is 2.22. The molecule has 0 radical (unpaired) electrons. The molecule has 0 fully saturated rings. The highest BCUT2D eigenvalue weighted by atomic mass is 16.5. The van der Waals surface area contributed by atoms with Gasteiger partial charge in [0.25, 0.3) is 0 Å². The number of carboxylic acids is 1. The van der Waals surface area contributed by atoms with Crippen LogP contribution in [0.2, 0.25) is 0 Å². The van der Waals surface area contributed by atoms with Crippen LogP contribution in [0.5, 0.6) is 5.75 Å². The lowest BCUT2D eigenvalue weighted by Gasteiger charge is -2.34. The molecule has 4 heteroatoms. The van der Waals surface area contributed by atoms with E-state index in [0.29, 0.717) is 13.1 Å². The number of carboxylic acid groups (broad SMARTS) is 1. The molecule has 0 unspecified atom stereocenters. The smallest absolute Gasteiger partial charge is 0.323 e. The maximum Gasteiger partial charge on any atom is 0.323 e. The zero-order chi connectivity index (χ0) is 14.6. The van der Waals surface area contributed by atoms with E-state index in [9.17, 15) is 9.90 Å². The molecule has 4 nitrogen and oxygen atoms in total. The van der Waals surface area contributed by atoms with E-state index in [1.165, 1.54) is 0 Å². The van der Waals surface area contributed by atoms with Crippen LogP contribution in [-0.2, 0) is 11.3 Å². The van der Waals surface area contributed by atoms with Gasteiger partial charge in [0.05, 0.1) is 7.11 Å². The predicted octanol–water partition coefficient (Wildman–Crippen LogP) is 2.69. The van der Waals surface area contributed by atoms with Gasteiger partial charge in [-0.1, -0.05) is 19.1 Å². The second-order valence-electron chi connectivity index (χ2n) is 5.18. The van der Waals surface area contributed by atoms with E-state index < -0.39 is 11.5 Å². The van der Waals surface area contributed by atoms with Crippen LogP contribution in [0.25, 0.3) is 0 Å². The second-order valence-corrected chi connectivity index (χ2v) is 5.18. The summed E-state index contributed by atoms with van der Waals surface area (Å²) in [6.45, 7) is 8.72. The third-order valence-electron chi connectivity index (χ3n) is 3.53. The number of ether oxygens (including phenoxy) is 1. The van der Waals surface area contributed by atoms with Crippen molar-refractivity contribution in [3.05, 3.63) is 29.3 Å². The molecule has 19 heavy (non-hydrogen) atoms.